The van der Waals surface area contributed by atoms with Crippen LogP contribution in [0.5, 0.6) is 0 Å². The molecule has 1 heterocycles. The van der Waals surface area contributed by atoms with Gasteiger partial charge >= 0.3 is 5.97 Å². The van der Waals surface area contributed by atoms with Gasteiger partial charge in [0.1, 0.15) is 6.04 Å². The van der Waals surface area contributed by atoms with Gasteiger partial charge < -0.3 is 9.84 Å². The number of carboxylic acid groups (broad SMARTS) is 1. The molecule has 4 nitrogen and oxygen atoms in total. The molecule has 132 valence electrons. The van der Waals surface area contributed by atoms with Crippen LogP contribution in [0, 0.1) is 5.41 Å². The maximum Gasteiger partial charge on any atom is 0.325 e. The molecule has 2 aliphatic rings. The molecule has 1 aromatic rings. The van der Waals surface area contributed by atoms with Crippen molar-refractivity contribution < 1.29 is 14.6 Å². The molecule has 1 aromatic carbocycles. The van der Waals surface area contributed by atoms with Crippen LogP contribution in [0.1, 0.15) is 68.7 Å². The van der Waals surface area contributed by atoms with Crippen LogP contribution in [0.4, 0.5) is 0 Å². The normalized spacial score (nSPS) is 27.0. The number of aliphatic carboxylic acids is 1. The molecule has 4 heteroatoms. The zero-order valence-electron chi connectivity index (χ0n) is 15.2. The Hall–Kier alpha value is -1.39. The summed E-state index contributed by atoms with van der Waals surface area (Å²) in [4.78, 5) is 14.3. The summed E-state index contributed by atoms with van der Waals surface area (Å²) in [5.74, 6) is -0.519. The monoisotopic (exact) mass is 331 g/mol. The highest BCUT2D eigenvalue weighted by atomic mass is 16.5. The molecule has 0 unspecified atom stereocenters. The molecule has 0 saturated heterocycles. The van der Waals surface area contributed by atoms with Crippen molar-refractivity contribution in [3.05, 3.63) is 34.9 Å². The Morgan fingerprint density at radius 3 is 2.79 bits per heavy atom. The molecule has 1 saturated carbocycles. The largest absolute Gasteiger partial charge is 0.480 e. The van der Waals surface area contributed by atoms with E-state index in [1.54, 1.807) is 0 Å². The van der Waals surface area contributed by atoms with Crippen molar-refractivity contribution in [2.24, 2.45) is 5.41 Å². The van der Waals surface area contributed by atoms with Gasteiger partial charge in [0, 0.05) is 12.0 Å². The zero-order chi connectivity index (χ0) is 17.5. The van der Waals surface area contributed by atoms with Gasteiger partial charge in [0.2, 0.25) is 0 Å². The minimum absolute atomic E-state index is 0.236. The van der Waals surface area contributed by atoms with E-state index in [4.69, 9.17) is 4.74 Å². The highest BCUT2D eigenvalue weighted by molar-refractivity contribution is 5.76. The number of hydrogen-bond donors (Lipinski definition) is 1. The Labute approximate surface area is 144 Å². The van der Waals surface area contributed by atoms with E-state index in [1.165, 1.54) is 5.56 Å². The fraction of sp³-hybridized carbons (Fsp3) is 0.650. The molecular formula is C20H29NO3. The first-order valence-electron chi connectivity index (χ1n) is 8.94. The smallest absolute Gasteiger partial charge is 0.325 e. The summed E-state index contributed by atoms with van der Waals surface area (Å²) < 4.78 is 5.63. The van der Waals surface area contributed by atoms with Gasteiger partial charge in [-0.3, -0.25) is 9.69 Å². The number of ether oxygens (including phenoxy) is 1. The number of rotatable bonds is 4. The van der Waals surface area contributed by atoms with Crippen LogP contribution >= 0.6 is 0 Å². The number of nitrogens with zero attached hydrogens (tertiary/aromatic N) is 1. The zero-order valence-corrected chi connectivity index (χ0v) is 15.2. The van der Waals surface area contributed by atoms with Gasteiger partial charge in [-0.2, -0.15) is 0 Å². The lowest BCUT2D eigenvalue weighted by atomic mass is 9.86. The summed E-state index contributed by atoms with van der Waals surface area (Å²) in [6.07, 6.45) is 3.29. The number of benzene rings is 1. The van der Waals surface area contributed by atoms with Crippen LogP contribution in [0.25, 0.3) is 0 Å². The summed E-state index contributed by atoms with van der Waals surface area (Å²) in [5.41, 5.74) is 3.57. The third-order valence-corrected chi connectivity index (χ3v) is 5.80. The summed E-state index contributed by atoms with van der Waals surface area (Å²) in [5, 5.41) is 10.0. The van der Waals surface area contributed by atoms with Crippen LogP contribution in [0.3, 0.4) is 0 Å². The van der Waals surface area contributed by atoms with Crippen LogP contribution in [0.15, 0.2) is 18.2 Å². The van der Waals surface area contributed by atoms with E-state index in [0.717, 1.165) is 30.4 Å². The van der Waals surface area contributed by atoms with Crippen LogP contribution in [0.2, 0.25) is 0 Å². The molecule has 24 heavy (non-hydrogen) atoms. The van der Waals surface area contributed by atoms with E-state index in [0.29, 0.717) is 24.7 Å². The number of carboxylic acids is 1. The summed E-state index contributed by atoms with van der Waals surface area (Å²) in [6.45, 7) is 7.93. The second-order valence-corrected chi connectivity index (χ2v) is 8.30. The lowest BCUT2D eigenvalue weighted by molar-refractivity contribution is -0.144. The number of hydrogen-bond acceptors (Lipinski definition) is 3. The maximum absolute atomic E-state index is 12.2. The van der Waals surface area contributed by atoms with Crippen molar-refractivity contribution in [3.8, 4) is 0 Å². The molecule has 0 radical (unpaired) electrons. The van der Waals surface area contributed by atoms with E-state index in [9.17, 15) is 9.90 Å². The SMILES string of the molecule is C[C@@H]1COCc2cccc([C@H](C(=O)O)N(C)[C@H]3CCC(C)(C)C3)c21. The highest BCUT2D eigenvalue weighted by Gasteiger charge is 2.39. The lowest BCUT2D eigenvalue weighted by Crippen LogP contribution is -2.39. The predicted octanol–water partition coefficient (Wildman–Crippen LogP) is 3.96. The Morgan fingerprint density at radius 1 is 1.42 bits per heavy atom. The molecule has 0 spiro atoms. The van der Waals surface area contributed by atoms with Crippen molar-refractivity contribution in [1.29, 1.82) is 0 Å². The second kappa shape index (κ2) is 6.49. The van der Waals surface area contributed by atoms with Crippen molar-refractivity contribution in [1.82, 2.24) is 4.90 Å². The lowest BCUT2D eigenvalue weighted by Gasteiger charge is -2.35. The average molecular weight is 331 g/mol. The van der Waals surface area contributed by atoms with E-state index < -0.39 is 12.0 Å². The first kappa shape index (κ1) is 17.4. The van der Waals surface area contributed by atoms with E-state index >= 15 is 0 Å². The van der Waals surface area contributed by atoms with Crippen LogP contribution in [-0.2, 0) is 16.1 Å². The van der Waals surface area contributed by atoms with E-state index in [1.807, 2.05) is 19.2 Å². The maximum atomic E-state index is 12.2. The molecule has 1 N–H and O–H groups in total. The first-order chi connectivity index (χ1) is 11.3. The van der Waals surface area contributed by atoms with Gasteiger partial charge in [-0.1, -0.05) is 39.0 Å². The number of carbonyl (C=O) groups is 1. The van der Waals surface area contributed by atoms with Crippen molar-refractivity contribution in [3.63, 3.8) is 0 Å². The molecule has 1 fully saturated rings. The fourth-order valence-electron chi connectivity index (χ4n) is 4.51. The molecular weight excluding hydrogens is 302 g/mol. The molecule has 1 aliphatic heterocycles. The van der Waals surface area contributed by atoms with Crippen molar-refractivity contribution >= 4 is 5.97 Å². The van der Waals surface area contributed by atoms with E-state index in [-0.39, 0.29) is 5.92 Å². The predicted molar refractivity (Wildman–Crippen MR) is 94.1 cm³/mol. The third-order valence-electron chi connectivity index (χ3n) is 5.80. The highest BCUT2D eigenvalue weighted by Crippen LogP contribution is 2.42. The topological polar surface area (TPSA) is 49.8 Å². The number of likely N-dealkylation sites (N-methyl/N-ethyl adjacent to an activating group) is 1. The summed E-state index contributed by atoms with van der Waals surface area (Å²) in [7, 11) is 1.98. The summed E-state index contributed by atoms with van der Waals surface area (Å²) in [6, 6.07) is 5.77. The minimum atomic E-state index is -0.755. The Balaban J connectivity index is 1.97. The molecule has 1 aliphatic carbocycles. The Kier molecular flexibility index (Phi) is 4.71. The molecule has 3 atom stereocenters. The Bertz CT molecular complexity index is 625. The van der Waals surface area contributed by atoms with Gasteiger partial charge in [0.15, 0.2) is 0 Å². The standard InChI is InChI=1S/C20H29NO3/c1-13-11-24-12-14-6-5-7-16(17(13)14)18(19(22)23)21(4)15-8-9-20(2,3)10-15/h5-7,13,15,18H,8-12H2,1-4H3,(H,22,23)/t13-,15+,18-/m1/s1. The average Bonchev–Trinajstić information content (AvgIpc) is 2.87. The Morgan fingerprint density at radius 2 is 2.17 bits per heavy atom. The quantitative estimate of drug-likeness (QED) is 0.907. The molecule has 0 amide bonds. The fourth-order valence-corrected chi connectivity index (χ4v) is 4.51. The van der Waals surface area contributed by atoms with Gasteiger partial charge in [-0.25, -0.2) is 0 Å². The molecule has 0 bridgehead atoms. The minimum Gasteiger partial charge on any atom is -0.480 e. The molecule has 3 rings (SSSR count). The van der Waals surface area contributed by atoms with Crippen LogP contribution < -0.4 is 0 Å². The van der Waals surface area contributed by atoms with Gasteiger partial charge in [0.05, 0.1) is 13.2 Å². The molecule has 0 aromatic heterocycles. The van der Waals surface area contributed by atoms with Crippen molar-refractivity contribution in [2.75, 3.05) is 13.7 Å². The summed E-state index contributed by atoms with van der Waals surface area (Å²) >= 11 is 0. The van der Waals surface area contributed by atoms with Gasteiger partial charge in [0.25, 0.3) is 0 Å². The number of fused-ring (bicyclic) bond motifs is 1. The first-order valence-corrected chi connectivity index (χ1v) is 8.94. The van der Waals surface area contributed by atoms with Gasteiger partial charge in [-0.15, -0.1) is 0 Å². The van der Waals surface area contributed by atoms with E-state index in [2.05, 4.69) is 31.7 Å². The van der Waals surface area contributed by atoms with Crippen LogP contribution in [-0.4, -0.2) is 35.7 Å². The van der Waals surface area contributed by atoms with Gasteiger partial charge in [-0.05, 0) is 48.4 Å². The second-order valence-electron chi connectivity index (χ2n) is 8.30. The third kappa shape index (κ3) is 3.22. The van der Waals surface area contributed by atoms with Crippen molar-refractivity contribution in [2.45, 2.75) is 64.6 Å².